The van der Waals surface area contributed by atoms with Crippen LogP contribution in [0.5, 0.6) is 11.5 Å². The number of methoxy groups -OCH3 is 2. The van der Waals surface area contributed by atoms with Crippen molar-refractivity contribution in [1.82, 2.24) is 15.5 Å². The number of ether oxygens (including phenoxy) is 3. The number of carbonyl (C=O) groups excluding carboxylic acids is 2. The summed E-state index contributed by atoms with van der Waals surface area (Å²) in [6.07, 6.45) is -0.403. The van der Waals surface area contributed by atoms with Gasteiger partial charge in [-0.25, -0.2) is 0 Å². The molecule has 2 aromatic carbocycles. The Balaban J connectivity index is 1.59. The van der Waals surface area contributed by atoms with Crippen LogP contribution in [0.15, 0.2) is 48.5 Å². The minimum absolute atomic E-state index is 0.00230. The normalized spacial score (nSPS) is 17.7. The molecule has 1 unspecified atom stereocenters. The van der Waals surface area contributed by atoms with Crippen molar-refractivity contribution < 1.29 is 28.9 Å². The van der Waals surface area contributed by atoms with E-state index in [-0.39, 0.29) is 36.1 Å². The van der Waals surface area contributed by atoms with Crippen LogP contribution in [0.4, 0.5) is 0 Å². The van der Waals surface area contributed by atoms with Gasteiger partial charge in [0.25, 0.3) is 5.91 Å². The summed E-state index contributed by atoms with van der Waals surface area (Å²) < 4.78 is 16.4. The smallest absolute Gasteiger partial charge is 0.254 e. The quantitative estimate of drug-likeness (QED) is 0.279. The van der Waals surface area contributed by atoms with Crippen LogP contribution < -0.4 is 20.1 Å². The maximum atomic E-state index is 13.6. The molecule has 1 fully saturated rings. The molecule has 1 saturated heterocycles. The fourth-order valence-corrected chi connectivity index (χ4v) is 4.79. The Labute approximate surface area is 231 Å². The molecule has 2 aromatic rings. The van der Waals surface area contributed by atoms with Gasteiger partial charge in [-0.15, -0.1) is 0 Å². The highest BCUT2D eigenvalue weighted by atomic mass is 16.5. The van der Waals surface area contributed by atoms with Gasteiger partial charge >= 0.3 is 0 Å². The third-order valence-electron chi connectivity index (χ3n) is 7.08. The average molecular weight is 542 g/mol. The molecule has 1 heterocycles. The Morgan fingerprint density at radius 3 is 2.49 bits per heavy atom. The predicted molar refractivity (Wildman–Crippen MR) is 150 cm³/mol. The lowest BCUT2D eigenvalue weighted by Gasteiger charge is -2.32. The van der Waals surface area contributed by atoms with Crippen molar-refractivity contribution in [3.63, 3.8) is 0 Å². The lowest BCUT2D eigenvalue weighted by atomic mass is 9.94. The molecule has 0 bridgehead atoms. The van der Waals surface area contributed by atoms with Gasteiger partial charge in [-0.1, -0.05) is 30.3 Å². The molecule has 1 aliphatic rings. The zero-order valence-corrected chi connectivity index (χ0v) is 23.5. The minimum Gasteiger partial charge on any atom is -0.493 e. The molecule has 3 rings (SSSR count). The molecular formula is C30H43N3O6. The van der Waals surface area contributed by atoms with Crippen LogP contribution in [0.1, 0.15) is 42.3 Å². The minimum atomic E-state index is -1.14. The van der Waals surface area contributed by atoms with Crippen molar-refractivity contribution in [3.8, 4) is 11.5 Å². The molecule has 3 atom stereocenters. The number of aliphatic hydroxyl groups is 1. The summed E-state index contributed by atoms with van der Waals surface area (Å²) in [6, 6.07) is 14.2. The molecule has 214 valence electrons. The van der Waals surface area contributed by atoms with Crippen molar-refractivity contribution in [2.45, 2.75) is 32.4 Å². The van der Waals surface area contributed by atoms with E-state index >= 15 is 0 Å². The van der Waals surface area contributed by atoms with Crippen LogP contribution in [0.25, 0.3) is 0 Å². The number of carbonyl (C=O) groups is 2. The maximum Gasteiger partial charge on any atom is 0.254 e. The summed E-state index contributed by atoms with van der Waals surface area (Å²) in [5.74, 6) is 1.27. The molecule has 3 N–H and O–H groups in total. The molecule has 0 aliphatic carbocycles. The number of nitrogens with one attached hydrogen (secondary N) is 2. The number of benzene rings is 2. The van der Waals surface area contributed by atoms with Crippen LogP contribution in [0.2, 0.25) is 0 Å². The Morgan fingerprint density at radius 2 is 1.79 bits per heavy atom. The van der Waals surface area contributed by atoms with E-state index in [4.69, 9.17) is 14.2 Å². The highest BCUT2D eigenvalue weighted by molar-refractivity contribution is 5.95. The summed E-state index contributed by atoms with van der Waals surface area (Å²) in [4.78, 5) is 28.0. The monoisotopic (exact) mass is 541 g/mol. The number of rotatable bonds is 16. The first-order valence-electron chi connectivity index (χ1n) is 13.6. The zero-order chi connectivity index (χ0) is 28.2. The fraction of sp³-hybridized carbons (Fsp3) is 0.533. The number of hydrogen-bond donors (Lipinski definition) is 3. The Kier molecular flexibility index (Phi) is 12.2. The number of ketones is 1. The van der Waals surface area contributed by atoms with E-state index in [1.54, 1.807) is 56.7 Å². The number of nitrogens with zero attached hydrogens (tertiary/aromatic N) is 1. The molecule has 1 amide bonds. The summed E-state index contributed by atoms with van der Waals surface area (Å²) >= 11 is 0. The Morgan fingerprint density at radius 1 is 1.05 bits per heavy atom. The third-order valence-corrected chi connectivity index (χ3v) is 7.08. The topological polar surface area (TPSA) is 109 Å². The van der Waals surface area contributed by atoms with Crippen molar-refractivity contribution in [2.24, 2.45) is 11.8 Å². The van der Waals surface area contributed by atoms with Crippen LogP contribution in [-0.4, -0.2) is 87.9 Å². The summed E-state index contributed by atoms with van der Waals surface area (Å²) in [5.41, 5.74) is 1.14. The van der Waals surface area contributed by atoms with Gasteiger partial charge in [0.05, 0.1) is 20.3 Å². The maximum absolute atomic E-state index is 13.6. The first-order valence-corrected chi connectivity index (χ1v) is 13.6. The molecular weight excluding hydrogens is 498 g/mol. The van der Waals surface area contributed by atoms with Gasteiger partial charge in [-0.3, -0.25) is 9.59 Å². The highest BCUT2D eigenvalue weighted by Crippen LogP contribution is 2.29. The summed E-state index contributed by atoms with van der Waals surface area (Å²) in [5, 5.41) is 17.0. The van der Waals surface area contributed by atoms with Gasteiger partial charge in [0.1, 0.15) is 6.10 Å². The van der Waals surface area contributed by atoms with E-state index in [1.165, 1.54) is 0 Å². The molecule has 9 heteroatoms. The zero-order valence-electron chi connectivity index (χ0n) is 23.5. The van der Waals surface area contributed by atoms with Crippen molar-refractivity contribution in [1.29, 1.82) is 0 Å². The van der Waals surface area contributed by atoms with Crippen molar-refractivity contribution in [2.75, 3.05) is 60.2 Å². The molecule has 1 aliphatic heterocycles. The molecule has 9 nitrogen and oxygen atoms in total. The average Bonchev–Trinajstić information content (AvgIpc) is 3.40. The molecule has 0 aromatic heterocycles. The van der Waals surface area contributed by atoms with Crippen LogP contribution >= 0.6 is 0 Å². The molecule has 39 heavy (non-hydrogen) atoms. The van der Waals surface area contributed by atoms with Crippen LogP contribution in [0, 0.1) is 11.8 Å². The second-order valence-electron chi connectivity index (χ2n) is 10.2. The third kappa shape index (κ3) is 8.76. The highest BCUT2D eigenvalue weighted by Gasteiger charge is 2.32. The molecule has 0 spiro atoms. The summed E-state index contributed by atoms with van der Waals surface area (Å²) in [6.45, 7) is 7.98. The largest absolute Gasteiger partial charge is 0.493 e. The van der Waals surface area contributed by atoms with E-state index in [0.717, 1.165) is 19.5 Å². The van der Waals surface area contributed by atoms with E-state index < -0.39 is 6.10 Å². The van der Waals surface area contributed by atoms with Gasteiger partial charge in [0.15, 0.2) is 17.3 Å². The number of Topliss-reactive ketones (excluding diaryl/α,β-unsaturated/α-hetero) is 1. The van der Waals surface area contributed by atoms with E-state index in [9.17, 15) is 14.7 Å². The van der Waals surface area contributed by atoms with Gasteiger partial charge in [0, 0.05) is 44.8 Å². The van der Waals surface area contributed by atoms with Crippen LogP contribution in [0.3, 0.4) is 0 Å². The fourth-order valence-electron chi connectivity index (χ4n) is 4.79. The van der Waals surface area contributed by atoms with Crippen LogP contribution in [-0.2, 0) is 9.53 Å². The van der Waals surface area contributed by atoms with E-state index in [0.29, 0.717) is 48.9 Å². The lowest BCUT2D eigenvalue weighted by molar-refractivity contribution is -0.126. The lowest BCUT2D eigenvalue weighted by Crippen LogP contribution is -2.43. The van der Waals surface area contributed by atoms with E-state index in [1.807, 2.05) is 24.8 Å². The number of hydrogen-bond acceptors (Lipinski definition) is 8. The van der Waals surface area contributed by atoms with Crippen molar-refractivity contribution in [3.05, 3.63) is 59.7 Å². The molecule has 0 radical (unpaired) electrons. The number of amides is 1. The second-order valence-corrected chi connectivity index (χ2v) is 10.2. The number of aliphatic hydroxyl groups excluding tert-OH is 1. The second kappa shape index (κ2) is 15.6. The first-order chi connectivity index (χ1) is 18.8. The van der Waals surface area contributed by atoms with Crippen molar-refractivity contribution >= 4 is 11.7 Å². The van der Waals surface area contributed by atoms with Gasteiger partial charge in [0.2, 0.25) is 0 Å². The van der Waals surface area contributed by atoms with Gasteiger partial charge in [-0.2, -0.15) is 0 Å². The van der Waals surface area contributed by atoms with Gasteiger partial charge in [-0.05, 0) is 62.5 Å². The standard InChI is InChI=1S/C30H43N3O6/c1-21(2)33(30(36)23-11-12-27(38-4)28(15-23)39-14-8-13-37-3)20-25-18-31-16-24(25)17-32-19-26(34)29(35)22-9-6-5-7-10-22/h5-7,9-12,15,21,24-25,29,31-32,35H,8,13-14,16-20H2,1-4H3/t24-,25-,29?/m0/s1. The first kappa shape index (κ1) is 30.6. The molecule has 0 saturated carbocycles. The SMILES string of the molecule is COCCCOc1cc(C(=O)N(C[C@@H]2CNC[C@H]2CNCC(=O)C(O)c2ccccc2)C(C)C)ccc1OC. The van der Waals surface area contributed by atoms with Gasteiger partial charge < -0.3 is 34.9 Å². The Bertz CT molecular complexity index is 1050. The summed E-state index contributed by atoms with van der Waals surface area (Å²) in [7, 11) is 3.23. The predicted octanol–water partition coefficient (Wildman–Crippen LogP) is 2.69. The Hall–Kier alpha value is -2.98. The van der Waals surface area contributed by atoms with E-state index in [2.05, 4.69) is 10.6 Å².